The Morgan fingerprint density at radius 3 is 2.44 bits per heavy atom. The molecule has 4 aliphatic heterocycles. The monoisotopic (exact) mass is 608 g/mol. The molecule has 4 N–H and O–H groups in total. The summed E-state index contributed by atoms with van der Waals surface area (Å²) in [5.74, 6) is -3.93. The fourth-order valence-electron chi connectivity index (χ4n) is 6.71. The lowest BCUT2D eigenvalue weighted by atomic mass is 9.88. The molecule has 4 bridgehead atoms. The Labute approximate surface area is 255 Å². The number of esters is 1. The fourth-order valence-corrected chi connectivity index (χ4v) is 6.71. The molecule has 0 radical (unpaired) electrons. The third-order valence-electron chi connectivity index (χ3n) is 9.66. The maximum absolute atomic E-state index is 13.2. The zero-order valence-electron chi connectivity index (χ0n) is 26.2. The second-order valence-electron chi connectivity index (χ2n) is 13.3. The number of carbonyl (C=O) groups excluding carboxylic acids is 2. The van der Waals surface area contributed by atoms with Gasteiger partial charge in [0.15, 0.2) is 0 Å². The molecule has 244 valence electrons. The number of hydrogen-bond donors (Lipinski definition) is 4. The molecule has 0 saturated carbocycles. The molecule has 10 nitrogen and oxygen atoms in total. The van der Waals surface area contributed by atoms with E-state index in [0.717, 1.165) is 19.3 Å². The molecular formula is C33H52O10. The molecule has 0 aliphatic carbocycles. The van der Waals surface area contributed by atoms with Gasteiger partial charge >= 0.3 is 5.97 Å². The van der Waals surface area contributed by atoms with E-state index < -0.39 is 66.3 Å². The fraction of sp³-hybridized carbons (Fsp3) is 0.818. The molecule has 0 aromatic heterocycles. The third-order valence-corrected chi connectivity index (χ3v) is 9.66. The Kier molecular flexibility index (Phi) is 11.6. The first kappa shape index (κ1) is 34.2. The number of cyclic esters (lactones) is 1. The second-order valence-corrected chi connectivity index (χ2v) is 13.3. The zero-order chi connectivity index (χ0) is 31.5. The minimum absolute atomic E-state index is 0.0241. The number of fused-ring (bicyclic) bond motifs is 5. The van der Waals surface area contributed by atoms with Crippen LogP contribution < -0.4 is 0 Å². The van der Waals surface area contributed by atoms with Crippen molar-refractivity contribution < 1.29 is 49.0 Å². The van der Waals surface area contributed by atoms with Crippen molar-refractivity contribution in [2.45, 2.75) is 159 Å². The summed E-state index contributed by atoms with van der Waals surface area (Å²) in [4.78, 5) is 26.1. The van der Waals surface area contributed by atoms with E-state index >= 15 is 0 Å². The van der Waals surface area contributed by atoms with Crippen molar-refractivity contribution >= 4 is 11.8 Å². The van der Waals surface area contributed by atoms with Crippen molar-refractivity contribution in [3.63, 3.8) is 0 Å². The number of aliphatic hydroxyl groups excluding tert-OH is 3. The Bertz CT molecular complexity index is 1030. The van der Waals surface area contributed by atoms with Crippen LogP contribution in [0.15, 0.2) is 23.8 Å². The summed E-state index contributed by atoms with van der Waals surface area (Å²) < 4.78 is 24.0. The SMILES string of the molecule is C=C1CCC(=O)C(C)/C=C(\C)CC(O)C2(O)OC(CCC2O)CC2CCC(O2)C(CCCC)OC(=O)C(C)C(O)C2OC12. The summed E-state index contributed by atoms with van der Waals surface area (Å²) in [6.45, 7) is 11.3. The van der Waals surface area contributed by atoms with Gasteiger partial charge in [-0.3, -0.25) is 9.59 Å². The topological polar surface area (TPSA) is 155 Å². The van der Waals surface area contributed by atoms with Gasteiger partial charge in [-0.05, 0) is 77.2 Å². The molecule has 4 rings (SSSR count). The quantitative estimate of drug-likeness (QED) is 0.213. The first-order chi connectivity index (χ1) is 20.3. The van der Waals surface area contributed by atoms with Crippen LogP contribution >= 0.6 is 0 Å². The Morgan fingerprint density at radius 1 is 1.00 bits per heavy atom. The maximum atomic E-state index is 13.2. The smallest absolute Gasteiger partial charge is 0.311 e. The highest BCUT2D eigenvalue weighted by Gasteiger charge is 2.51. The molecule has 0 aromatic rings. The van der Waals surface area contributed by atoms with Gasteiger partial charge in [-0.15, -0.1) is 0 Å². The van der Waals surface area contributed by atoms with Crippen LogP contribution in [0.25, 0.3) is 0 Å². The number of unbranched alkanes of at least 4 members (excludes halogenated alkanes) is 1. The van der Waals surface area contributed by atoms with Gasteiger partial charge in [-0.1, -0.05) is 38.5 Å². The van der Waals surface area contributed by atoms with Crippen molar-refractivity contribution in [1.82, 2.24) is 0 Å². The molecule has 10 heteroatoms. The van der Waals surface area contributed by atoms with Gasteiger partial charge in [0.1, 0.15) is 36.3 Å². The number of rotatable bonds is 3. The van der Waals surface area contributed by atoms with Gasteiger partial charge in [0.25, 0.3) is 0 Å². The highest BCUT2D eigenvalue weighted by Crippen LogP contribution is 2.39. The summed E-state index contributed by atoms with van der Waals surface area (Å²) in [6.07, 6.45) is 1.34. The highest BCUT2D eigenvalue weighted by molar-refractivity contribution is 5.82. The van der Waals surface area contributed by atoms with E-state index in [-0.39, 0.29) is 37.3 Å². The molecule has 4 aliphatic rings. The summed E-state index contributed by atoms with van der Waals surface area (Å²) in [5.41, 5.74) is 1.38. The number of hydrogen-bond acceptors (Lipinski definition) is 10. The Balaban J connectivity index is 1.53. The first-order valence-electron chi connectivity index (χ1n) is 16.2. The Hall–Kier alpha value is -1.66. The average Bonchev–Trinajstić information content (AvgIpc) is 3.64. The van der Waals surface area contributed by atoms with Gasteiger partial charge in [-0.2, -0.15) is 0 Å². The number of aliphatic hydroxyl groups is 4. The van der Waals surface area contributed by atoms with Crippen LogP contribution in [0.1, 0.15) is 98.3 Å². The third kappa shape index (κ3) is 8.34. The average molecular weight is 609 g/mol. The van der Waals surface area contributed by atoms with Gasteiger partial charge < -0.3 is 39.4 Å². The van der Waals surface area contributed by atoms with Crippen molar-refractivity contribution in [1.29, 1.82) is 0 Å². The van der Waals surface area contributed by atoms with E-state index in [1.165, 1.54) is 0 Å². The molecule has 3 saturated heterocycles. The van der Waals surface area contributed by atoms with Crippen LogP contribution in [0.2, 0.25) is 0 Å². The van der Waals surface area contributed by atoms with E-state index in [9.17, 15) is 30.0 Å². The largest absolute Gasteiger partial charge is 0.459 e. The molecule has 0 spiro atoms. The number of epoxide rings is 1. The number of Topliss-reactive ketones (excluding diaryl/α,β-unsaturated/α-hetero) is 1. The van der Waals surface area contributed by atoms with Gasteiger partial charge in [0.2, 0.25) is 5.79 Å². The van der Waals surface area contributed by atoms with Crippen molar-refractivity contribution in [3.05, 3.63) is 23.8 Å². The Morgan fingerprint density at radius 2 is 1.72 bits per heavy atom. The van der Waals surface area contributed by atoms with E-state index in [2.05, 4.69) is 13.5 Å². The molecule has 43 heavy (non-hydrogen) atoms. The maximum Gasteiger partial charge on any atom is 0.311 e. The predicted molar refractivity (Wildman–Crippen MR) is 158 cm³/mol. The van der Waals surface area contributed by atoms with E-state index in [1.54, 1.807) is 26.8 Å². The van der Waals surface area contributed by atoms with Crippen molar-refractivity contribution in [3.8, 4) is 0 Å². The summed E-state index contributed by atoms with van der Waals surface area (Å²) in [7, 11) is 0. The van der Waals surface area contributed by atoms with E-state index in [1.807, 2.05) is 0 Å². The molecular weight excluding hydrogens is 556 g/mol. The standard InChI is InChI=1S/C33H52O10/c1-6-7-8-25-26-13-10-22(40-26)17-23-11-14-27(35)33(39,43-23)28(36)16-18(2)15-20(4)24(34)12-9-19(3)30-31(42-30)29(37)21(5)32(38)41-25/h15,20-23,25-31,35-37,39H,3,6-14,16-17H2,1-2,4-5H3/b18-15+. The second kappa shape index (κ2) is 14.6. The predicted octanol–water partition coefficient (Wildman–Crippen LogP) is 3.27. The minimum Gasteiger partial charge on any atom is -0.459 e. The normalized spacial score (nSPS) is 45.1. The highest BCUT2D eigenvalue weighted by atomic mass is 16.7. The summed E-state index contributed by atoms with van der Waals surface area (Å²) >= 11 is 0. The molecule has 0 amide bonds. The lowest BCUT2D eigenvalue weighted by Crippen LogP contribution is -2.59. The number of allylic oxidation sites excluding steroid dienone is 1. The summed E-state index contributed by atoms with van der Waals surface area (Å²) in [5, 5.41) is 43.9. The van der Waals surface area contributed by atoms with Crippen LogP contribution in [-0.4, -0.2) is 92.9 Å². The number of ether oxygens (including phenoxy) is 4. The lowest BCUT2D eigenvalue weighted by molar-refractivity contribution is -0.337. The van der Waals surface area contributed by atoms with Gasteiger partial charge in [0.05, 0.1) is 30.3 Å². The van der Waals surface area contributed by atoms with E-state index in [4.69, 9.17) is 18.9 Å². The molecule has 12 unspecified atom stereocenters. The molecule has 4 heterocycles. The zero-order valence-corrected chi connectivity index (χ0v) is 26.2. The minimum atomic E-state index is -2.15. The molecule has 12 atom stereocenters. The van der Waals surface area contributed by atoms with Crippen LogP contribution in [0.5, 0.6) is 0 Å². The number of ketones is 1. The van der Waals surface area contributed by atoms with E-state index in [0.29, 0.717) is 43.3 Å². The number of carbonyl (C=O) groups is 2. The van der Waals surface area contributed by atoms with Crippen LogP contribution in [-0.2, 0) is 28.5 Å². The molecule has 0 aromatic carbocycles. The van der Waals surface area contributed by atoms with Crippen molar-refractivity contribution in [2.75, 3.05) is 0 Å². The first-order valence-corrected chi connectivity index (χ1v) is 16.2. The lowest BCUT2D eigenvalue weighted by Gasteiger charge is -2.44. The summed E-state index contributed by atoms with van der Waals surface area (Å²) in [6, 6.07) is 0. The van der Waals surface area contributed by atoms with Crippen molar-refractivity contribution in [2.24, 2.45) is 11.8 Å². The van der Waals surface area contributed by atoms with Crippen LogP contribution in [0.4, 0.5) is 0 Å². The van der Waals surface area contributed by atoms with Crippen LogP contribution in [0, 0.1) is 11.8 Å². The van der Waals surface area contributed by atoms with Crippen LogP contribution in [0.3, 0.4) is 0 Å². The van der Waals surface area contributed by atoms with Gasteiger partial charge in [-0.25, -0.2) is 0 Å². The van der Waals surface area contributed by atoms with Gasteiger partial charge in [0, 0.05) is 12.3 Å². The molecule has 3 fully saturated rings.